The molecule has 0 saturated heterocycles. The molecule has 2 N–H and O–H groups in total. The Morgan fingerprint density at radius 1 is 1.08 bits per heavy atom. The van der Waals surface area contributed by atoms with Gasteiger partial charge in [0.15, 0.2) is 0 Å². The highest BCUT2D eigenvalue weighted by molar-refractivity contribution is 7.92. The van der Waals surface area contributed by atoms with Crippen LogP contribution in [0.15, 0.2) is 34.5 Å². The van der Waals surface area contributed by atoms with Crippen molar-refractivity contribution < 1.29 is 18.3 Å². The summed E-state index contributed by atoms with van der Waals surface area (Å²) in [6.07, 6.45) is 2.03. The molecule has 1 aromatic carbocycles. The van der Waals surface area contributed by atoms with Crippen LogP contribution < -0.4 is 4.72 Å². The zero-order valence-corrected chi connectivity index (χ0v) is 16.9. The van der Waals surface area contributed by atoms with Crippen LogP contribution in [-0.2, 0) is 20.9 Å². The maximum Gasteiger partial charge on any atom is 0.348 e. The normalized spacial score (nSPS) is 18.2. The minimum absolute atomic E-state index is 0.00437. The standard InChI is InChI=1S/C19H23NO4S2/c1-18(2)8-9-19(3,4)14-11-12(5-6-13(14)18)26(23,24)20-15-7-10-25-16(15)17(21)22/h5-7,10-11,20H,8-9H2,1-4H3,(H,21,22). The van der Waals surface area contributed by atoms with E-state index < -0.39 is 16.0 Å². The Morgan fingerprint density at radius 3 is 2.31 bits per heavy atom. The summed E-state index contributed by atoms with van der Waals surface area (Å²) in [4.78, 5) is 11.4. The summed E-state index contributed by atoms with van der Waals surface area (Å²) in [6, 6.07) is 6.72. The van der Waals surface area contributed by atoms with Crippen LogP contribution in [0.3, 0.4) is 0 Å². The first kappa shape index (κ1) is 18.9. The molecule has 0 atom stereocenters. The third-order valence-corrected chi connectivity index (χ3v) is 7.50. The molecule has 0 radical (unpaired) electrons. The van der Waals surface area contributed by atoms with Crippen molar-refractivity contribution in [1.29, 1.82) is 0 Å². The summed E-state index contributed by atoms with van der Waals surface area (Å²) in [5.41, 5.74) is 2.21. The van der Waals surface area contributed by atoms with Gasteiger partial charge in [-0.3, -0.25) is 4.72 Å². The van der Waals surface area contributed by atoms with Gasteiger partial charge in [-0.2, -0.15) is 0 Å². The first-order chi connectivity index (χ1) is 11.9. The van der Waals surface area contributed by atoms with Gasteiger partial charge in [-0.15, -0.1) is 11.3 Å². The van der Waals surface area contributed by atoms with Crippen molar-refractivity contribution in [2.24, 2.45) is 0 Å². The van der Waals surface area contributed by atoms with Crippen molar-refractivity contribution in [3.8, 4) is 0 Å². The van der Waals surface area contributed by atoms with Gasteiger partial charge in [-0.1, -0.05) is 33.8 Å². The van der Waals surface area contributed by atoms with E-state index in [0.29, 0.717) is 0 Å². The zero-order valence-electron chi connectivity index (χ0n) is 15.3. The average molecular weight is 394 g/mol. The molecule has 0 aliphatic heterocycles. The highest BCUT2D eigenvalue weighted by atomic mass is 32.2. The number of fused-ring (bicyclic) bond motifs is 1. The molecule has 0 amide bonds. The lowest BCUT2D eigenvalue weighted by molar-refractivity contribution is 0.0703. The van der Waals surface area contributed by atoms with E-state index in [1.54, 1.807) is 17.5 Å². The molecular formula is C19H23NO4S2. The van der Waals surface area contributed by atoms with E-state index in [2.05, 4.69) is 32.4 Å². The number of carbonyl (C=O) groups is 1. The smallest absolute Gasteiger partial charge is 0.348 e. The van der Waals surface area contributed by atoms with Crippen molar-refractivity contribution >= 4 is 33.0 Å². The number of anilines is 1. The summed E-state index contributed by atoms with van der Waals surface area (Å²) < 4.78 is 28.1. The van der Waals surface area contributed by atoms with Crippen molar-refractivity contribution in [2.75, 3.05) is 4.72 Å². The van der Waals surface area contributed by atoms with Gasteiger partial charge in [-0.05, 0) is 58.4 Å². The second kappa shape index (κ2) is 6.09. The predicted octanol–water partition coefficient (Wildman–Crippen LogP) is 4.60. The SMILES string of the molecule is CC1(C)CCC(C)(C)c2cc(S(=O)(=O)Nc3ccsc3C(=O)O)ccc21. The molecule has 140 valence electrons. The first-order valence-electron chi connectivity index (χ1n) is 8.43. The Balaban J connectivity index is 2.04. The topological polar surface area (TPSA) is 83.5 Å². The Morgan fingerprint density at radius 2 is 1.69 bits per heavy atom. The molecule has 0 saturated carbocycles. The highest BCUT2D eigenvalue weighted by Gasteiger charge is 2.37. The second-order valence-electron chi connectivity index (χ2n) is 8.05. The van der Waals surface area contributed by atoms with Crippen LogP contribution in [-0.4, -0.2) is 19.5 Å². The minimum Gasteiger partial charge on any atom is -0.477 e. The van der Waals surface area contributed by atoms with Crippen LogP contribution >= 0.6 is 11.3 Å². The number of aromatic carboxylic acids is 1. The molecule has 7 heteroatoms. The van der Waals surface area contributed by atoms with Gasteiger partial charge in [0.25, 0.3) is 10.0 Å². The van der Waals surface area contributed by atoms with E-state index in [-0.39, 0.29) is 26.3 Å². The van der Waals surface area contributed by atoms with Crippen LogP contribution in [0.25, 0.3) is 0 Å². The number of carboxylic acids is 1. The second-order valence-corrected chi connectivity index (χ2v) is 10.6. The molecular weight excluding hydrogens is 370 g/mol. The van der Waals surface area contributed by atoms with Gasteiger partial charge in [0, 0.05) is 0 Å². The van der Waals surface area contributed by atoms with Gasteiger partial charge < -0.3 is 5.11 Å². The number of carboxylic acid groups (broad SMARTS) is 1. The molecule has 1 heterocycles. The Labute approximate surface area is 158 Å². The third kappa shape index (κ3) is 3.25. The lowest BCUT2D eigenvalue weighted by Crippen LogP contribution is -2.34. The van der Waals surface area contributed by atoms with Crippen LogP contribution in [0.2, 0.25) is 0 Å². The maximum atomic E-state index is 12.8. The average Bonchev–Trinajstić information content (AvgIpc) is 2.99. The number of benzene rings is 1. The number of rotatable bonds is 4. The first-order valence-corrected chi connectivity index (χ1v) is 10.8. The number of hydrogen-bond donors (Lipinski definition) is 2. The van der Waals surface area contributed by atoms with Gasteiger partial charge >= 0.3 is 5.97 Å². The van der Waals surface area contributed by atoms with Crippen molar-refractivity contribution in [2.45, 2.75) is 56.3 Å². The van der Waals surface area contributed by atoms with Crippen LogP contribution in [0.5, 0.6) is 0 Å². The maximum absolute atomic E-state index is 12.8. The molecule has 0 unspecified atom stereocenters. The molecule has 1 aliphatic rings. The summed E-state index contributed by atoms with van der Waals surface area (Å²) in [6.45, 7) is 8.62. The number of nitrogens with one attached hydrogen (secondary N) is 1. The van der Waals surface area contributed by atoms with Gasteiger partial charge in [0.05, 0.1) is 10.6 Å². The van der Waals surface area contributed by atoms with E-state index >= 15 is 0 Å². The fraction of sp³-hybridized carbons (Fsp3) is 0.421. The van der Waals surface area contributed by atoms with E-state index in [1.807, 2.05) is 6.07 Å². The van der Waals surface area contributed by atoms with Crippen LogP contribution in [0, 0.1) is 0 Å². The molecule has 1 aromatic heterocycles. The lowest BCUT2D eigenvalue weighted by atomic mass is 9.63. The number of hydrogen-bond acceptors (Lipinski definition) is 4. The fourth-order valence-electron chi connectivity index (χ4n) is 3.49. The highest BCUT2D eigenvalue weighted by Crippen LogP contribution is 2.46. The van der Waals surface area contributed by atoms with Gasteiger partial charge in [0.1, 0.15) is 4.88 Å². The van der Waals surface area contributed by atoms with Gasteiger partial charge in [-0.25, -0.2) is 13.2 Å². The molecule has 0 fully saturated rings. The van der Waals surface area contributed by atoms with E-state index in [9.17, 15) is 18.3 Å². The Bertz CT molecular complexity index is 971. The molecule has 0 bridgehead atoms. The van der Waals surface area contributed by atoms with E-state index in [0.717, 1.165) is 29.7 Å². The summed E-state index contributed by atoms with van der Waals surface area (Å²) in [7, 11) is -3.87. The fourth-order valence-corrected chi connectivity index (χ4v) is 5.34. The predicted molar refractivity (Wildman–Crippen MR) is 104 cm³/mol. The molecule has 1 aliphatic carbocycles. The van der Waals surface area contributed by atoms with Crippen molar-refractivity contribution in [1.82, 2.24) is 0 Å². The van der Waals surface area contributed by atoms with Crippen LogP contribution in [0.4, 0.5) is 5.69 Å². The van der Waals surface area contributed by atoms with Gasteiger partial charge in [0.2, 0.25) is 0 Å². The van der Waals surface area contributed by atoms with E-state index in [1.165, 1.54) is 11.6 Å². The summed E-state index contributed by atoms with van der Waals surface area (Å²) in [5.74, 6) is -1.15. The molecule has 5 nitrogen and oxygen atoms in total. The van der Waals surface area contributed by atoms with Crippen molar-refractivity contribution in [3.63, 3.8) is 0 Å². The lowest BCUT2D eigenvalue weighted by Gasteiger charge is -2.42. The summed E-state index contributed by atoms with van der Waals surface area (Å²) in [5, 5.41) is 10.7. The Kier molecular flexibility index (Phi) is 4.43. The third-order valence-electron chi connectivity index (χ3n) is 5.24. The monoisotopic (exact) mass is 393 g/mol. The zero-order chi connectivity index (χ0) is 19.3. The van der Waals surface area contributed by atoms with E-state index in [4.69, 9.17) is 0 Å². The Hall–Kier alpha value is -1.86. The largest absolute Gasteiger partial charge is 0.477 e. The number of thiophene rings is 1. The minimum atomic E-state index is -3.87. The summed E-state index contributed by atoms with van der Waals surface area (Å²) >= 11 is 0.989. The molecule has 2 aromatic rings. The number of sulfonamides is 1. The van der Waals surface area contributed by atoms with Crippen LogP contribution in [0.1, 0.15) is 61.3 Å². The molecule has 0 spiro atoms. The quantitative estimate of drug-likeness (QED) is 0.795. The molecule has 3 rings (SSSR count). The van der Waals surface area contributed by atoms with Crippen molar-refractivity contribution in [3.05, 3.63) is 45.6 Å². The molecule has 26 heavy (non-hydrogen) atoms.